The number of hydrogen-bond donors (Lipinski definition) is 1. The average Bonchev–Trinajstić information content (AvgIpc) is 3.35. The summed E-state index contributed by atoms with van der Waals surface area (Å²) in [6.45, 7) is 0.783. The van der Waals surface area contributed by atoms with Crippen LogP contribution in [-0.2, 0) is 4.79 Å². The van der Waals surface area contributed by atoms with Crippen molar-refractivity contribution < 1.29 is 14.3 Å². The molecule has 0 fully saturated rings. The Morgan fingerprint density at radius 1 is 1.22 bits per heavy atom. The van der Waals surface area contributed by atoms with Crippen LogP contribution in [0.1, 0.15) is 23.5 Å². The van der Waals surface area contributed by atoms with Gasteiger partial charge in [0.1, 0.15) is 0 Å². The molecule has 1 amide bonds. The van der Waals surface area contributed by atoms with Crippen LogP contribution in [0.25, 0.3) is 0 Å². The van der Waals surface area contributed by atoms with Crippen LogP contribution >= 0.6 is 23.4 Å². The Bertz CT molecular complexity index is 1040. The van der Waals surface area contributed by atoms with Crippen molar-refractivity contribution in [1.82, 2.24) is 0 Å². The summed E-state index contributed by atoms with van der Waals surface area (Å²) in [6.07, 6.45) is 2.98. The third-order valence-electron chi connectivity index (χ3n) is 5.42. The highest BCUT2D eigenvalue weighted by Gasteiger charge is 2.44. The van der Waals surface area contributed by atoms with Crippen molar-refractivity contribution in [3.63, 3.8) is 0 Å². The van der Waals surface area contributed by atoms with E-state index in [2.05, 4.69) is 11.4 Å². The molecule has 27 heavy (non-hydrogen) atoms. The van der Waals surface area contributed by atoms with Gasteiger partial charge in [-0.25, -0.2) is 0 Å². The lowest BCUT2D eigenvalue weighted by molar-refractivity contribution is -0.118. The summed E-state index contributed by atoms with van der Waals surface area (Å²) in [5.41, 5.74) is 4.83. The number of alkyl halides is 1. The van der Waals surface area contributed by atoms with Crippen LogP contribution in [0.3, 0.4) is 0 Å². The molecule has 4 heterocycles. The Kier molecular flexibility index (Phi) is 3.26. The van der Waals surface area contributed by atoms with Crippen LogP contribution in [0.15, 0.2) is 41.3 Å². The summed E-state index contributed by atoms with van der Waals surface area (Å²) in [4.78, 5) is 16.5. The van der Waals surface area contributed by atoms with Gasteiger partial charge in [0.05, 0.1) is 22.9 Å². The predicted molar refractivity (Wildman–Crippen MR) is 106 cm³/mol. The molecule has 4 aliphatic rings. The van der Waals surface area contributed by atoms with Crippen molar-refractivity contribution in [2.24, 2.45) is 0 Å². The number of anilines is 3. The smallest absolute Gasteiger partial charge is 0.239 e. The van der Waals surface area contributed by atoms with Crippen LogP contribution in [0, 0.1) is 0 Å². The first-order chi connectivity index (χ1) is 13.2. The Morgan fingerprint density at radius 3 is 2.89 bits per heavy atom. The lowest BCUT2D eigenvalue weighted by Gasteiger charge is -2.24. The number of rotatable bonds is 2. The Labute approximate surface area is 165 Å². The molecule has 6 rings (SSSR count). The fourth-order valence-corrected chi connectivity index (χ4v) is 5.59. The minimum absolute atomic E-state index is 0.0668. The molecule has 0 aliphatic carbocycles. The van der Waals surface area contributed by atoms with Gasteiger partial charge in [-0.2, -0.15) is 0 Å². The fourth-order valence-electron chi connectivity index (χ4n) is 4.24. The summed E-state index contributed by atoms with van der Waals surface area (Å²) in [5.74, 6) is 1.19. The molecule has 0 spiro atoms. The van der Waals surface area contributed by atoms with E-state index in [0.717, 1.165) is 39.5 Å². The molecule has 2 aromatic rings. The molecule has 0 saturated heterocycles. The standard InChI is InChI=1S/C20H15ClN2O3S/c21-17-5-4-10(27-17)8-23-14-3-1-2-12-19(14)18(20(23)24)11-6-15-16(26-9-25-15)7-13(11)22-12/h1-4,6-7,17-18,22H,5,8-9H2. The number of fused-ring (bicyclic) bond motifs is 3. The summed E-state index contributed by atoms with van der Waals surface area (Å²) in [7, 11) is 0. The minimum Gasteiger partial charge on any atom is -0.454 e. The summed E-state index contributed by atoms with van der Waals surface area (Å²) in [6, 6.07) is 9.90. The van der Waals surface area contributed by atoms with E-state index < -0.39 is 0 Å². The highest BCUT2D eigenvalue weighted by Crippen LogP contribution is 2.54. The zero-order chi connectivity index (χ0) is 18.1. The van der Waals surface area contributed by atoms with E-state index in [-0.39, 0.29) is 23.3 Å². The van der Waals surface area contributed by atoms with Crippen LogP contribution in [0.5, 0.6) is 11.5 Å². The van der Waals surface area contributed by atoms with Crippen LogP contribution < -0.4 is 19.7 Å². The van der Waals surface area contributed by atoms with Gasteiger partial charge in [-0.1, -0.05) is 12.1 Å². The molecule has 0 saturated carbocycles. The quantitative estimate of drug-likeness (QED) is 0.753. The second-order valence-electron chi connectivity index (χ2n) is 6.95. The number of benzene rings is 2. The van der Waals surface area contributed by atoms with Crippen LogP contribution in [-0.4, -0.2) is 24.0 Å². The van der Waals surface area contributed by atoms with E-state index in [1.807, 2.05) is 35.2 Å². The Hall–Kier alpha value is -2.31. The second-order valence-corrected chi connectivity index (χ2v) is 9.06. The van der Waals surface area contributed by atoms with Gasteiger partial charge in [-0.15, -0.1) is 23.4 Å². The molecule has 1 N–H and O–H groups in total. The summed E-state index contributed by atoms with van der Waals surface area (Å²) < 4.78 is 11.1. The third-order valence-corrected chi connectivity index (χ3v) is 6.92. The largest absolute Gasteiger partial charge is 0.454 e. The number of ether oxygens (including phenoxy) is 2. The van der Waals surface area contributed by atoms with Gasteiger partial charge in [-0.05, 0) is 30.2 Å². The van der Waals surface area contributed by atoms with E-state index in [0.29, 0.717) is 18.0 Å². The number of carbonyl (C=O) groups excluding carboxylic acids is 1. The van der Waals surface area contributed by atoms with E-state index in [1.54, 1.807) is 11.8 Å². The number of halogens is 1. The van der Waals surface area contributed by atoms with E-state index in [4.69, 9.17) is 21.1 Å². The Morgan fingerprint density at radius 2 is 2.07 bits per heavy atom. The van der Waals surface area contributed by atoms with Crippen molar-refractivity contribution in [1.29, 1.82) is 0 Å². The third kappa shape index (κ3) is 2.23. The molecule has 136 valence electrons. The van der Waals surface area contributed by atoms with Crippen LogP contribution in [0.2, 0.25) is 0 Å². The molecule has 2 aromatic carbocycles. The second kappa shape index (κ2) is 5.59. The molecule has 0 bridgehead atoms. The zero-order valence-corrected chi connectivity index (χ0v) is 15.8. The number of nitrogens with one attached hydrogen (secondary N) is 1. The van der Waals surface area contributed by atoms with Gasteiger partial charge in [0.15, 0.2) is 11.5 Å². The van der Waals surface area contributed by atoms with Gasteiger partial charge in [0.2, 0.25) is 12.7 Å². The maximum Gasteiger partial charge on any atom is 0.239 e. The average molecular weight is 399 g/mol. The lowest BCUT2D eigenvalue weighted by atomic mass is 9.86. The number of nitrogens with zero attached hydrogens (tertiary/aromatic N) is 1. The van der Waals surface area contributed by atoms with Gasteiger partial charge in [0.25, 0.3) is 0 Å². The van der Waals surface area contributed by atoms with Crippen molar-refractivity contribution >= 4 is 46.3 Å². The maximum absolute atomic E-state index is 13.5. The molecule has 2 atom stereocenters. The van der Waals surface area contributed by atoms with Gasteiger partial charge < -0.3 is 19.7 Å². The first-order valence-electron chi connectivity index (χ1n) is 8.83. The number of amides is 1. The molecular formula is C20H15ClN2O3S. The number of allylic oxidation sites excluding steroid dienone is 1. The molecule has 2 unspecified atom stereocenters. The first-order valence-corrected chi connectivity index (χ1v) is 10.2. The normalized spacial score (nSPS) is 23.8. The Balaban J connectivity index is 1.46. The first kappa shape index (κ1) is 15.7. The predicted octanol–water partition coefficient (Wildman–Crippen LogP) is 4.54. The number of carbonyl (C=O) groups is 1. The fraction of sp³-hybridized carbons (Fsp3) is 0.250. The lowest BCUT2D eigenvalue weighted by Crippen LogP contribution is -2.31. The zero-order valence-electron chi connectivity index (χ0n) is 14.2. The molecule has 5 nitrogen and oxygen atoms in total. The van der Waals surface area contributed by atoms with E-state index in [1.165, 1.54) is 0 Å². The van der Waals surface area contributed by atoms with E-state index in [9.17, 15) is 4.79 Å². The highest BCUT2D eigenvalue weighted by molar-refractivity contribution is 8.05. The SMILES string of the molecule is O=C1C2c3cc4c(cc3Nc3cccc(c32)N1CC1=CCC(Cl)S1)OCO4. The molecule has 0 radical (unpaired) electrons. The number of hydrogen-bond acceptors (Lipinski definition) is 5. The monoisotopic (exact) mass is 398 g/mol. The molecule has 7 heteroatoms. The van der Waals surface area contributed by atoms with Gasteiger partial charge >= 0.3 is 0 Å². The van der Waals surface area contributed by atoms with Gasteiger partial charge in [0, 0.05) is 27.9 Å². The van der Waals surface area contributed by atoms with Crippen LogP contribution in [0.4, 0.5) is 17.1 Å². The minimum atomic E-state index is -0.319. The highest BCUT2D eigenvalue weighted by atomic mass is 35.5. The summed E-state index contributed by atoms with van der Waals surface area (Å²) in [5, 5.41) is 3.47. The molecular weight excluding hydrogens is 384 g/mol. The summed E-state index contributed by atoms with van der Waals surface area (Å²) >= 11 is 7.85. The van der Waals surface area contributed by atoms with Gasteiger partial charge in [-0.3, -0.25) is 4.79 Å². The topological polar surface area (TPSA) is 50.8 Å². The molecule has 0 aromatic heterocycles. The maximum atomic E-state index is 13.5. The van der Waals surface area contributed by atoms with E-state index >= 15 is 0 Å². The van der Waals surface area contributed by atoms with Crippen molar-refractivity contribution in [3.8, 4) is 11.5 Å². The van der Waals surface area contributed by atoms with Crippen molar-refractivity contribution in [2.45, 2.75) is 17.0 Å². The van der Waals surface area contributed by atoms with Crippen molar-refractivity contribution in [3.05, 3.63) is 52.4 Å². The van der Waals surface area contributed by atoms with Crippen molar-refractivity contribution in [2.75, 3.05) is 23.6 Å². The number of thioether (sulfide) groups is 1. The molecule has 4 aliphatic heterocycles.